The molecule has 0 spiro atoms. The Morgan fingerprint density at radius 1 is 0.519 bits per heavy atom. The molecule has 0 fully saturated rings. The van der Waals surface area contributed by atoms with Gasteiger partial charge in [0.15, 0.2) is 23.3 Å². The average molecular weight is 411 g/mol. The van der Waals surface area contributed by atoms with Gasteiger partial charge in [-0.05, 0) is 30.8 Å². The molecule has 0 saturated heterocycles. The highest BCUT2D eigenvalue weighted by Gasteiger charge is 2.24. The summed E-state index contributed by atoms with van der Waals surface area (Å²) in [7, 11) is 0. The summed E-state index contributed by atoms with van der Waals surface area (Å²) in [5.41, 5.74) is -0.691. The fourth-order valence-electron chi connectivity index (χ4n) is 3.11. The van der Waals surface area contributed by atoms with E-state index in [1.54, 1.807) is 0 Å². The highest BCUT2D eigenvalue weighted by Crippen LogP contribution is 2.24. The Bertz CT molecular complexity index is 519. The van der Waals surface area contributed by atoms with Gasteiger partial charge < -0.3 is 0 Å². The number of hydrogen-bond acceptors (Lipinski definition) is 1. The van der Waals surface area contributed by atoms with E-state index in [1.807, 2.05) is 11.8 Å². The SMILES string of the molecule is CCSCCCCCCCCCCCCCc1c(F)c(F)c(F)c(F)c1F. The maximum absolute atomic E-state index is 13.5. The molecule has 156 valence electrons. The molecule has 0 nitrogen and oxygen atoms in total. The number of unbranched alkanes of at least 4 members (excludes halogenated alkanes) is 10. The second kappa shape index (κ2) is 14.3. The summed E-state index contributed by atoms with van der Waals surface area (Å²) in [5, 5.41) is 0. The third-order valence-electron chi connectivity index (χ3n) is 4.72. The van der Waals surface area contributed by atoms with E-state index in [1.165, 1.54) is 50.0 Å². The second-order valence-corrected chi connectivity index (χ2v) is 8.28. The van der Waals surface area contributed by atoms with Crippen molar-refractivity contribution >= 4 is 11.8 Å². The minimum atomic E-state index is -2.09. The molecule has 27 heavy (non-hydrogen) atoms. The van der Waals surface area contributed by atoms with Crippen LogP contribution < -0.4 is 0 Å². The Morgan fingerprint density at radius 2 is 0.889 bits per heavy atom. The van der Waals surface area contributed by atoms with Crippen LogP contribution in [0.15, 0.2) is 0 Å². The normalized spacial score (nSPS) is 11.3. The molecule has 0 atom stereocenters. The van der Waals surface area contributed by atoms with Crippen LogP contribution in [0, 0.1) is 29.1 Å². The molecule has 0 saturated carbocycles. The Hall–Kier alpha value is -0.780. The Kier molecular flexibility index (Phi) is 12.8. The van der Waals surface area contributed by atoms with Crippen LogP contribution in [-0.4, -0.2) is 11.5 Å². The van der Waals surface area contributed by atoms with Gasteiger partial charge in [0.2, 0.25) is 5.82 Å². The van der Waals surface area contributed by atoms with Crippen molar-refractivity contribution in [1.82, 2.24) is 0 Å². The van der Waals surface area contributed by atoms with E-state index < -0.39 is 34.6 Å². The average Bonchev–Trinajstić information content (AvgIpc) is 2.67. The largest absolute Gasteiger partial charge is 0.203 e. The van der Waals surface area contributed by atoms with Crippen molar-refractivity contribution in [2.75, 3.05) is 11.5 Å². The third-order valence-corrected chi connectivity index (χ3v) is 5.71. The van der Waals surface area contributed by atoms with Crippen LogP contribution in [0.2, 0.25) is 0 Å². The second-order valence-electron chi connectivity index (χ2n) is 6.88. The molecule has 0 amide bonds. The zero-order valence-corrected chi connectivity index (χ0v) is 17.0. The molecule has 0 aromatic heterocycles. The van der Waals surface area contributed by atoms with Gasteiger partial charge >= 0.3 is 0 Å². The summed E-state index contributed by atoms with van der Waals surface area (Å²) >= 11 is 2.00. The van der Waals surface area contributed by atoms with Crippen molar-refractivity contribution in [3.8, 4) is 0 Å². The van der Waals surface area contributed by atoms with Crippen molar-refractivity contribution in [2.24, 2.45) is 0 Å². The van der Waals surface area contributed by atoms with Gasteiger partial charge in [0.25, 0.3) is 0 Å². The zero-order valence-electron chi connectivity index (χ0n) is 16.2. The highest BCUT2D eigenvalue weighted by molar-refractivity contribution is 7.99. The maximum Gasteiger partial charge on any atom is 0.200 e. The number of halogens is 5. The van der Waals surface area contributed by atoms with Gasteiger partial charge in [-0.1, -0.05) is 64.7 Å². The fraction of sp³-hybridized carbons (Fsp3) is 0.714. The van der Waals surface area contributed by atoms with Gasteiger partial charge in [0.1, 0.15) is 0 Å². The lowest BCUT2D eigenvalue weighted by molar-refractivity contribution is 0.368. The monoisotopic (exact) mass is 410 g/mol. The van der Waals surface area contributed by atoms with E-state index in [9.17, 15) is 22.0 Å². The third kappa shape index (κ3) is 8.84. The summed E-state index contributed by atoms with van der Waals surface area (Å²) < 4.78 is 66.3. The Morgan fingerprint density at radius 3 is 1.33 bits per heavy atom. The quantitative estimate of drug-likeness (QED) is 0.122. The van der Waals surface area contributed by atoms with Crippen LogP contribution >= 0.6 is 11.8 Å². The standard InChI is InChI=1S/C21H31F5S/c1-2-27-15-13-11-9-7-5-3-4-6-8-10-12-14-16-17(22)19(24)21(26)20(25)18(16)23/h2-15H2,1H3. The van der Waals surface area contributed by atoms with E-state index in [2.05, 4.69) is 6.92 Å². The predicted molar refractivity (Wildman–Crippen MR) is 104 cm³/mol. The molecule has 0 radical (unpaired) electrons. The molecule has 1 rings (SSSR count). The van der Waals surface area contributed by atoms with Gasteiger partial charge in [-0.2, -0.15) is 11.8 Å². The van der Waals surface area contributed by atoms with Gasteiger partial charge in [-0.15, -0.1) is 0 Å². The van der Waals surface area contributed by atoms with E-state index >= 15 is 0 Å². The lowest BCUT2D eigenvalue weighted by Crippen LogP contribution is -2.07. The molecule has 0 bridgehead atoms. The lowest BCUT2D eigenvalue weighted by Gasteiger charge is -2.08. The van der Waals surface area contributed by atoms with E-state index in [0.717, 1.165) is 25.7 Å². The van der Waals surface area contributed by atoms with Gasteiger partial charge in [0.05, 0.1) is 0 Å². The molecule has 1 aromatic carbocycles. The number of thioether (sulfide) groups is 1. The van der Waals surface area contributed by atoms with Crippen LogP contribution in [0.4, 0.5) is 22.0 Å². The van der Waals surface area contributed by atoms with Crippen LogP contribution in [0.5, 0.6) is 0 Å². The van der Waals surface area contributed by atoms with Crippen molar-refractivity contribution in [3.05, 3.63) is 34.6 Å². The summed E-state index contributed by atoms with van der Waals surface area (Å²) in [6, 6.07) is 0. The van der Waals surface area contributed by atoms with E-state index in [4.69, 9.17) is 0 Å². The molecular weight excluding hydrogens is 379 g/mol. The molecular formula is C21H31F5S. The van der Waals surface area contributed by atoms with Crippen LogP contribution in [0.25, 0.3) is 0 Å². The first-order valence-corrected chi connectivity index (χ1v) is 11.2. The molecule has 0 aliphatic rings. The van der Waals surface area contributed by atoms with Crippen LogP contribution in [-0.2, 0) is 6.42 Å². The molecule has 0 aliphatic heterocycles. The topological polar surface area (TPSA) is 0 Å². The maximum atomic E-state index is 13.5. The first-order chi connectivity index (χ1) is 13.0. The molecule has 0 N–H and O–H groups in total. The van der Waals surface area contributed by atoms with Gasteiger partial charge in [0, 0.05) is 5.56 Å². The van der Waals surface area contributed by atoms with Gasteiger partial charge in [-0.25, -0.2) is 22.0 Å². The highest BCUT2D eigenvalue weighted by atomic mass is 32.2. The molecule has 1 aromatic rings. The first kappa shape index (κ1) is 24.3. The lowest BCUT2D eigenvalue weighted by atomic mass is 10.0. The summed E-state index contributed by atoms with van der Waals surface area (Å²) in [6.07, 6.45) is 11.8. The minimum Gasteiger partial charge on any atom is -0.203 e. The van der Waals surface area contributed by atoms with Crippen molar-refractivity contribution in [3.63, 3.8) is 0 Å². The molecule has 0 unspecified atom stereocenters. The van der Waals surface area contributed by atoms with Crippen molar-refractivity contribution in [2.45, 2.75) is 84.0 Å². The summed E-state index contributed by atoms with van der Waals surface area (Å²) in [5.74, 6) is -6.72. The number of hydrogen-bond donors (Lipinski definition) is 0. The van der Waals surface area contributed by atoms with Crippen LogP contribution in [0.1, 0.15) is 83.1 Å². The van der Waals surface area contributed by atoms with Crippen molar-refractivity contribution in [1.29, 1.82) is 0 Å². The summed E-state index contributed by atoms with van der Waals surface area (Å²) in [6.45, 7) is 2.18. The minimum absolute atomic E-state index is 0.123. The zero-order chi connectivity index (χ0) is 20.1. The molecule has 0 aliphatic carbocycles. The smallest absolute Gasteiger partial charge is 0.200 e. The van der Waals surface area contributed by atoms with Crippen molar-refractivity contribution < 1.29 is 22.0 Å². The molecule has 6 heteroatoms. The first-order valence-electron chi connectivity index (χ1n) is 10.1. The van der Waals surface area contributed by atoms with Crippen LogP contribution in [0.3, 0.4) is 0 Å². The fourth-order valence-corrected chi connectivity index (χ4v) is 3.81. The summed E-state index contributed by atoms with van der Waals surface area (Å²) in [4.78, 5) is 0. The Balaban J connectivity index is 2.06. The molecule has 0 heterocycles. The number of rotatable bonds is 15. The predicted octanol–water partition coefficient (Wildman–Crippen LogP) is 7.97. The number of benzene rings is 1. The van der Waals surface area contributed by atoms with E-state index in [-0.39, 0.29) is 6.42 Å². The Labute approximate surface area is 164 Å². The van der Waals surface area contributed by atoms with Gasteiger partial charge in [-0.3, -0.25) is 0 Å². The van der Waals surface area contributed by atoms with E-state index in [0.29, 0.717) is 6.42 Å².